The molecule has 0 aromatic heterocycles. The quantitative estimate of drug-likeness (QED) is 0.472. The molecule has 6 heteroatoms. The maximum absolute atomic E-state index is 11.9. The van der Waals surface area contributed by atoms with Crippen molar-refractivity contribution in [2.24, 2.45) is 11.7 Å². The van der Waals surface area contributed by atoms with Gasteiger partial charge in [-0.2, -0.15) is 0 Å². The number of carbonyl (C=O) groups is 2. The van der Waals surface area contributed by atoms with Crippen LogP contribution in [-0.4, -0.2) is 29.1 Å². The summed E-state index contributed by atoms with van der Waals surface area (Å²) in [4.78, 5) is 23.6. The molecule has 5 nitrogen and oxygen atoms in total. The Balaban J connectivity index is 5.08. The van der Waals surface area contributed by atoms with Crippen molar-refractivity contribution >= 4 is 23.5 Å². The van der Waals surface area contributed by atoms with Gasteiger partial charge < -0.3 is 15.2 Å². The van der Waals surface area contributed by atoms with E-state index >= 15 is 0 Å². The zero-order valence-electron chi connectivity index (χ0n) is 10.9. The summed E-state index contributed by atoms with van der Waals surface area (Å²) in [5.74, 6) is -2.15. The second-order valence-electron chi connectivity index (χ2n) is 5.07. The van der Waals surface area contributed by atoms with Gasteiger partial charge in [-0.15, -0.1) is 0 Å². The maximum atomic E-state index is 11.9. The van der Waals surface area contributed by atoms with Crippen LogP contribution < -0.4 is 5.73 Å². The van der Waals surface area contributed by atoms with Crippen LogP contribution in [0.15, 0.2) is 0 Å². The van der Waals surface area contributed by atoms with Crippen molar-refractivity contribution in [1.82, 2.24) is 0 Å². The summed E-state index contributed by atoms with van der Waals surface area (Å²) in [5.41, 5.74) is 3.26. The molecule has 1 atom stereocenters. The summed E-state index contributed by atoms with van der Waals surface area (Å²) in [6.45, 7) is 8.36. The van der Waals surface area contributed by atoms with Gasteiger partial charge >= 0.3 is 11.9 Å². The lowest BCUT2D eigenvalue weighted by Crippen LogP contribution is -2.61. The van der Waals surface area contributed by atoms with Crippen LogP contribution in [-0.2, 0) is 19.1 Å². The molecule has 0 fully saturated rings. The Morgan fingerprint density at radius 2 is 1.71 bits per heavy atom. The van der Waals surface area contributed by atoms with Crippen molar-refractivity contribution in [2.45, 2.75) is 45.8 Å². The molecule has 0 rings (SSSR count). The molecule has 0 heterocycles. The number of nitrogens with two attached hydrogens (primary N) is 1. The molecule has 0 aromatic rings. The van der Waals surface area contributed by atoms with Crippen LogP contribution in [0, 0.1) is 5.92 Å². The molecule has 100 valence electrons. The third-order valence-electron chi connectivity index (χ3n) is 2.17. The van der Waals surface area contributed by atoms with Gasteiger partial charge in [0.2, 0.25) is 5.54 Å². The van der Waals surface area contributed by atoms with Crippen molar-refractivity contribution in [1.29, 1.82) is 0 Å². The highest BCUT2D eigenvalue weighted by Gasteiger charge is 2.49. The van der Waals surface area contributed by atoms with Crippen molar-refractivity contribution < 1.29 is 19.1 Å². The van der Waals surface area contributed by atoms with Crippen molar-refractivity contribution in [3.63, 3.8) is 0 Å². The summed E-state index contributed by atoms with van der Waals surface area (Å²) >= 11 is 5.29. The molecular formula is C11H20ClNO4. The normalized spacial score (nSPS) is 15.3. The summed E-state index contributed by atoms with van der Waals surface area (Å²) in [6.07, 6.45) is 0. The van der Waals surface area contributed by atoms with Crippen LogP contribution in [0.25, 0.3) is 0 Å². The molecule has 0 spiro atoms. The fraction of sp³-hybridized carbons (Fsp3) is 0.818. The van der Waals surface area contributed by atoms with Crippen LogP contribution in [0.3, 0.4) is 0 Å². The second-order valence-corrected chi connectivity index (χ2v) is 5.28. The van der Waals surface area contributed by atoms with Crippen molar-refractivity contribution in [3.8, 4) is 0 Å². The average Bonchev–Trinajstić information content (AvgIpc) is 2.13. The van der Waals surface area contributed by atoms with E-state index in [2.05, 4.69) is 4.74 Å². The number of hydrogen-bond acceptors (Lipinski definition) is 5. The van der Waals surface area contributed by atoms with E-state index < -0.39 is 29.0 Å². The standard InChI is InChI=1S/C11H20ClNO4/c1-7(2)11(13,8(14)16-6-12)9(15)17-10(3,4)5/h7H,6,13H2,1-5H3. The lowest BCUT2D eigenvalue weighted by Gasteiger charge is -2.31. The zero-order valence-corrected chi connectivity index (χ0v) is 11.6. The maximum Gasteiger partial charge on any atom is 0.339 e. The first-order valence-electron chi connectivity index (χ1n) is 5.31. The van der Waals surface area contributed by atoms with Crippen LogP contribution in [0.1, 0.15) is 34.6 Å². The Morgan fingerprint density at radius 1 is 1.24 bits per heavy atom. The molecule has 17 heavy (non-hydrogen) atoms. The average molecular weight is 266 g/mol. The van der Waals surface area contributed by atoms with Gasteiger partial charge in [-0.1, -0.05) is 25.4 Å². The molecule has 0 saturated heterocycles. The molecule has 0 saturated carbocycles. The third-order valence-corrected chi connectivity index (χ3v) is 2.28. The van der Waals surface area contributed by atoms with E-state index in [9.17, 15) is 9.59 Å². The number of hydrogen-bond donors (Lipinski definition) is 1. The van der Waals surface area contributed by atoms with E-state index in [-0.39, 0.29) is 6.07 Å². The smallest absolute Gasteiger partial charge is 0.339 e. The first-order chi connectivity index (χ1) is 7.55. The molecular weight excluding hydrogens is 246 g/mol. The second kappa shape index (κ2) is 5.69. The Bertz CT molecular complexity index is 298. The summed E-state index contributed by atoms with van der Waals surface area (Å²) in [5, 5.41) is 0. The van der Waals surface area contributed by atoms with E-state index in [0.717, 1.165) is 0 Å². The number of alkyl halides is 1. The van der Waals surface area contributed by atoms with Gasteiger partial charge in [-0.3, -0.25) is 0 Å². The van der Waals surface area contributed by atoms with Gasteiger partial charge in [0.1, 0.15) is 5.60 Å². The van der Waals surface area contributed by atoms with E-state index in [0.29, 0.717) is 0 Å². The Hall–Kier alpha value is -0.810. The predicted octanol–water partition coefficient (Wildman–Crippen LogP) is 1.42. The van der Waals surface area contributed by atoms with Gasteiger partial charge in [0.15, 0.2) is 6.07 Å². The predicted molar refractivity (Wildman–Crippen MR) is 64.4 cm³/mol. The van der Waals surface area contributed by atoms with Gasteiger partial charge in [-0.05, 0) is 26.7 Å². The van der Waals surface area contributed by atoms with E-state index in [4.69, 9.17) is 22.1 Å². The number of ether oxygens (including phenoxy) is 2. The highest BCUT2D eigenvalue weighted by molar-refractivity contribution is 6.18. The molecule has 0 bridgehead atoms. The lowest BCUT2D eigenvalue weighted by molar-refractivity contribution is -0.173. The zero-order chi connectivity index (χ0) is 13.9. The van der Waals surface area contributed by atoms with Crippen molar-refractivity contribution in [2.75, 3.05) is 6.07 Å². The Morgan fingerprint density at radius 3 is 2.00 bits per heavy atom. The molecule has 0 amide bonds. The van der Waals surface area contributed by atoms with Crippen LogP contribution in [0.2, 0.25) is 0 Å². The molecule has 0 radical (unpaired) electrons. The Labute approximate surface area is 107 Å². The summed E-state index contributed by atoms with van der Waals surface area (Å²) < 4.78 is 9.73. The van der Waals surface area contributed by atoms with E-state index in [1.54, 1.807) is 34.6 Å². The van der Waals surface area contributed by atoms with Gasteiger partial charge in [0, 0.05) is 0 Å². The number of esters is 2. The number of carbonyl (C=O) groups excluding carboxylic acids is 2. The van der Waals surface area contributed by atoms with Gasteiger partial charge in [0.25, 0.3) is 0 Å². The summed E-state index contributed by atoms with van der Waals surface area (Å²) in [7, 11) is 0. The minimum atomic E-state index is -1.83. The molecule has 0 aromatic carbocycles. The minimum absolute atomic E-state index is 0.354. The van der Waals surface area contributed by atoms with E-state index in [1.165, 1.54) is 0 Å². The first kappa shape index (κ1) is 16.2. The van der Waals surface area contributed by atoms with Crippen molar-refractivity contribution in [3.05, 3.63) is 0 Å². The SMILES string of the molecule is CC(C)C(N)(C(=O)OCCl)C(=O)OC(C)(C)C. The molecule has 0 aliphatic heterocycles. The van der Waals surface area contributed by atoms with Crippen LogP contribution in [0.5, 0.6) is 0 Å². The third kappa shape index (κ3) is 4.16. The monoisotopic (exact) mass is 265 g/mol. The van der Waals surface area contributed by atoms with Crippen LogP contribution >= 0.6 is 11.6 Å². The number of rotatable bonds is 4. The molecule has 0 aliphatic carbocycles. The fourth-order valence-corrected chi connectivity index (χ4v) is 1.19. The first-order valence-corrected chi connectivity index (χ1v) is 5.84. The number of halogens is 1. The Kier molecular flexibility index (Phi) is 5.42. The highest BCUT2D eigenvalue weighted by Crippen LogP contribution is 2.21. The lowest BCUT2D eigenvalue weighted by atomic mass is 9.87. The summed E-state index contributed by atoms with van der Waals surface area (Å²) in [6, 6.07) is -0.354. The minimum Gasteiger partial charge on any atom is -0.458 e. The van der Waals surface area contributed by atoms with Gasteiger partial charge in [-0.25, -0.2) is 9.59 Å². The van der Waals surface area contributed by atoms with Crippen LogP contribution in [0.4, 0.5) is 0 Å². The van der Waals surface area contributed by atoms with E-state index in [1.807, 2.05) is 0 Å². The highest BCUT2D eigenvalue weighted by atomic mass is 35.5. The molecule has 0 aliphatic rings. The largest absolute Gasteiger partial charge is 0.458 e. The topological polar surface area (TPSA) is 78.6 Å². The van der Waals surface area contributed by atoms with Gasteiger partial charge in [0.05, 0.1) is 0 Å². The fourth-order valence-electron chi connectivity index (χ4n) is 1.09. The molecule has 2 N–H and O–H groups in total. The molecule has 1 unspecified atom stereocenters.